The Morgan fingerprint density at radius 2 is 2.27 bits per heavy atom. The van der Waals surface area contributed by atoms with Gasteiger partial charge >= 0.3 is 0 Å². The number of carbonyl (C=O) groups excluding carboxylic acids is 1. The normalized spacial score (nSPS) is 15.9. The third-order valence-corrected chi connectivity index (χ3v) is 4.76. The summed E-state index contributed by atoms with van der Waals surface area (Å²) in [5.41, 5.74) is 1.52. The Bertz CT molecular complexity index is 631. The number of aromatic amines is 1. The van der Waals surface area contributed by atoms with Crippen molar-refractivity contribution in [3.05, 3.63) is 27.8 Å². The lowest BCUT2D eigenvalue weighted by Crippen LogP contribution is -2.12. The topological polar surface area (TPSA) is 79.9 Å². The largest absolute Gasteiger partial charge is 0.378 e. The Morgan fingerprint density at radius 1 is 1.45 bits per heavy atom. The zero-order valence-electron chi connectivity index (χ0n) is 12.6. The number of nitrogens with zero attached hydrogens (tertiary/aromatic N) is 2. The Morgan fingerprint density at radius 3 is 3.05 bits per heavy atom. The number of methoxy groups -OCH3 is 1. The summed E-state index contributed by atoms with van der Waals surface area (Å²) < 4.78 is 5.01. The van der Waals surface area contributed by atoms with Crippen LogP contribution in [-0.2, 0) is 11.3 Å². The Kier molecular flexibility index (Phi) is 4.84. The molecule has 1 amide bonds. The first-order valence-electron chi connectivity index (χ1n) is 7.56. The molecule has 0 radical (unpaired) electrons. The van der Waals surface area contributed by atoms with E-state index in [9.17, 15) is 4.79 Å². The maximum Gasteiger partial charge on any atom is 0.276 e. The molecule has 0 unspecified atom stereocenters. The number of H-pyrrole nitrogens is 1. The van der Waals surface area contributed by atoms with E-state index in [0.29, 0.717) is 24.0 Å². The second-order valence-corrected chi connectivity index (χ2v) is 6.50. The highest BCUT2D eigenvalue weighted by atomic mass is 32.1. The van der Waals surface area contributed by atoms with Crippen molar-refractivity contribution in [3.63, 3.8) is 0 Å². The third kappa shape index (κ3) is 3.53. The van der Waals surface area contributed by atoms with Crippen LogP contribution in [0.15, 0.2) is 11.4 Å². The smallest absolute Gasteiger partial charge is 0.276 e. The van der Waals surface area contributed by atoms with Crippen molar-refractivity contribution >= 4 is 23.1 Å². The number of hydrogen-bond donors (Lipinski definition) is 2. The minimum absolute atomic E-state index is 0.236. The minimum Gasteiger partial charge on any atom is -0.378 e. The van der Waals surface area contributed by atoms with Gasteiger partial charge in [-0.05, 0) is 12.8 Å². The Hall–Kier alpha value is -1.73. The predicted octanol–water partition coefficient (Wildman–Crippen LogP) is 3.31. The highest BCUT2D eigenvalue weighted by molar-refractivity contribution is 7.09. The van der Waals surface area contributed by atoms with Gasteiger partial charge in [-0.3, -0.25) is 9.89 Å². The van der Waals surface area contributed by atoms with Crippen LogP contribution in [0.5, 0.6) is 0 Å². The summed E-state index contributed by atoms with van der Waals surface area (Å²) in [6.45, 7) is 0.423. The lowest BCUT2D eigenvalue weighted by Gasteiger charge is -2.19. The van der Waals surface area contributed by atoms with Crippen LogP contribution in [0.4, 0.5) is 5.82 Å². The summed E-state index contributed by atoms with van der Waals surface area (Å²) in [5, 5.41) is 12.6. The summed E-state index contributed by atoms with van der Waals surface area (Å²) in [6, 6.07) is 1.94. The second-order valence-electron chi connectivity index (χ2n) is 5.56. The van der Waals surface area contributed by atoms with E-state index in [-0.39, 0.29) is 5.91 Å². The van der Waals surface area contributed by atoms with E-state index >= 15 is 0 Å². The summed E-state index contributed by atoms with van der Waals surface area (Å²) in [4.78, 5) is 16.4. The zero-order valence-corrected chi connectivity index (χ0v) is 13.4. The molecule has 2 N–H and O–H groups in total. The fourth-order valence-electron chi connectivity index (χ4n) is 2.81. The molecule has 0 spiro atoms. The molecule has 0 aromatic carbocycles. The number of rotatable bonds is 5. The van der Waals surface area contributed by atoms with Gasteiger partial charge in [-0.25, -0.2) is 4.98 Å². The molecular weight excluding hydrogens is 300 g/mol. The van der Waals surface area contributed by atoms with E-state index < -0.39 is 0 Å². The average Bonchev–Trinajstić information content (AvgIpc) is 3.18. The van der Waals surface area contributed by atoms with E-state index in [1.54, 1.807) is 12.5 Å². The summed E-state index contributed by atoms with van der Waals surface area (Å²) in [5.74, 6) is 0.867. The fourth-order valence-corrected chi connectivity index (χ4v) is 3.55. The van der Waals surface area contributed by atoms with Crippen molar-refractivity contribution < 1.29 is 9.53 Å². The molecule has 1 fully saturated rings. The molecule has 0 saturated heterocycles. The van der Waals surface area contributed by atoms with Crippen molar-refractivity contribution in [3.8, 4) is 0 Å². The summed E-state index contributed by atoms with van der Waals surface area (Å²) in [7, 11) is 1.61. The number of carbonyl (C=O) groups is 1. The highest BCUT2D eigenvalue weighted by Gasteiger charge is 2.19. The van der Waals surface area contributed by atoms with E-state index in [1.807, 2.05) is 6.07 Å². The molecule has 0 atom stereocenters. The van der Waals surface area contributed by atoms with Gasteiger partial charge in [0.25, 0.3) is 5.91 Å². The van der Waals surface area contributed by atoms with Gasteiger partial charge < -0.3 is 10.1 Å². The van der Waals surface area contributed by atoms with E-state index in [0.717, 1.165) is 10.7 Å². The molecule has 1 aliphatic carbocycles. The van der Waals surface area contributed by atoms with Crippen molar-refractivity contribution in [2.45, 2.75) is 44.6 Å². The molecule has 2 heterocycles. The molecule has 2 aromatic rings. The van der Waals surface area contributed by atoms with Crippen LogP contribution in [0.3, 0.4) is 0 Å². The van der Waals surface area contributed by atoms with Crippen LogP contribution < -0.4 is 5.32 Å². The van der Waals surface area contributed by atoms with Gasteiger partial charge in [0, 0.05) is 30.2 Å². The fraction of sp³-hybridized carbons (Fsp3) is 0.533. The highest BCUT2D eigenvalue weighted by Crippen LogP contribution is 2.32. The summed E-state index contributed by atoms with van der Waals surface area (Å²) >= 11 is 1.42. The quantitative estimate of drug-likeness (QED) is 0.885. The van der Waals surface area contributed by atoms with Crippen molar-refractivity contribution in [2.24, 2.45) is 0 Å². The van der Waals surface area contributed by atoms with E-state index in [2.05, 4.69) is 20.5 Å². The number of thiazole rings is 1. The molecule has 1 aliphatic rings. The summed E-state index contributed by atoms with van der Waals surface area (Å²) in [6.07, 6.45) is 6.25. The monoisotopic (exact) mass is 320 g/mol. The molecule has 2 aromatic heterocycles. The maximum atomic E-state index is 12.2. The van der Waals surface area contributed by atoms with Gasteiger partial charge in [0.1, 0.15) is 10.7 Å². The number of anilines is 1. The van der Waals surface area contributed by atoms with Crippen LogP contribution >= 0.6 is 11.3 Å². The molecule has 22 heavy (non-hydrogen) atoms. The van der Waals surface area contributed by atoms with Crippen LogP contribution in [-0.4, -0.2) is 28.2 Å². The van der Waals surface area contributed by atoms with Crippen molar-refractivity contribution in [1.82, 2.24) is 15.2 Å². The number of aromatic nitrogens is 3. The molecule has 1 saturated carbocycles. The van der Waals surface area contributed by atoms with Gasteiger partial charge in [-0.1, -0.05) is 19.3 Å². The lowest BCUT2D eigenvalue weighted by molar-refractivity contribution is 0.102. The second kappa shape index (κ2) is 7.02. The molecule has 6 nitrogen and oxygen atoms in total. The third-order valence-electron chi connectivity index (χ3n) is 3.94. The Balaban J connectivity index is 1.62. The van der Waals surface area contributed by atoms with Gasteiger partial charge in [0.15, 0.2) is 5.82 Å². The molecule has 0 bridgehead atoms. The first kappa shape index (κ1) is 15.2. The first-order valence-corrected chi connectivity index (χ1v) is 8.44. The number of hydrogen-bond acceptors (Lipinski definition) is 5. The standard InChI is InChI=1S/C15H20N4O2S/c1-21-8-14-16-12(9-22-14)15(20)17-13-7-11(18-19-13)10-5-3-2-4-6-10/h7,9-10H,2-6,8H2,1H3,(H2,17,18,19,20). The lowest BCUT2D eigenvalue weighted by atomic mass is 9.87. The van der Waals surface area contributed by atoms with Gasteiger partial charge in [-0.15, -0.1) is 11.3 Å². The Labute approximate surface area is 133 Å². The number of nitrogens with one attached hydrogen (secondary N) is 2. The van der Waals surface area contributed by atoms with Crippen LogP contribution in [0.2, 0.25) is 0 Å². The average molecular weight is 320 g/mol. The van der Waals surface area contributed by atoms with Gasteiger partial charge in [0.05, 0.1) is 6.61 Å². The SMILES string of the molecule is COCc1nc(C(=O)Nc2cc(C3CCCCC3)[nH]n2)cs1. The van der Waals surface area contributed by atoms with Crippen LogP contribution in [0.25, 0.3) is 0 Å². The molecule has 3 rings (SSSR count). The van der Waals surface area contributed by atoms with Crippen molar-refractivity contribution in [1.29, 1.82) is 0 Å². The molecule has 0 aliphatic heterocycles. The predicted molar refractivity (Wildman–Crippen MR) is 85.2 cm³/mol. The van der Waals surface area contributed by atoms with Gasteiger partial charge in [-0.2, -0.15) is 5.10 Å². The maximum absolute atomic E-state index is 12.2. The number of ether oxygens (including phenoxy) is 1. The van der Waals surface area contributed by atoms with Crippen molar-refractivity contribution in [2.75, 3.05) is 12.4 Å². The first-order chi connectivity index (χ1) is 10.8. The van der Waals surface area contributed by atoms with Gasteiger partial charge in [0.2, 0.25) is 0 Å². The van der Waals surface area contributed by atoms with E-state index in [1.165, 1.54) is 43.4 Å². The minimum atomic E-state index is -0.236. The molecule has 7 heteroatoms. The number of amides is 1. The molecule has 118 valence electrons. The van der Waals surface area contributed by atoms with Crippen LogP contribution in [0.1, 0.15) is 59.2 Å². The van der Waals surface area contributed by atoms with E-state index in [4.69, 9.17) is 4.74 Å². The van der Waals surface area contributed by atoms with Crippen LogP contribution in [0, 0.1) is 0 Å². The zero-order chi connectivity index (χ0) is 15.4. The molecular formula is C15H20N4O2S.